The van der Waals surface area contributed by atoms with E-state index >= 15 is 0 Å². The number of amides is 1. The van der Waals surface area contributed by atoms with Gasteiger partial charge in [-0.25, -0.2) is 18.4 Å². The Balaban J connectivity index is 2.81. The molecule has 0 aliphatic heterocycles. The molecular weight excluding hydrogens is 332 g/mol. The van der Waals surface area contributed by atoms with E-state index in [9.17, 15) is 18.0 Å². The lowest BCUT2D eigenvalue weighted by Crippen LogP contribution is -2.50. The Labute approximate surface area is 142 Å². The van der Waals surface area contributed by atoms with Crippen LogP contribution < -0.4 is 10.5 Å². The second-order valence-corrected chi connectivity index (χ2v) is 8.05. The molecule has 0 saturated heterocycles. The van der Waals surface area contributed by atoms with E-state index in [1.165, 1.54) is 24.3 Å². The molecule has 0 spiro atoms. The number of nitrogens with two attached hydrogens (primary N) is 1. The molecule has 1 amide bonds. The molecule has 1 rings (SSSR count). The van der Waals surface area contributed by atoms with E-state index in [4.69, 9.17) is 9.88 Å². The molecular formula is C16H24N2O5S. The molecule has 8 heteroatoms. The Morgan fingerprint density at radius 1 is 1.21 bits per heavy atom. The number of hydrogen-bond donors (Lipinski definition) is 2. The van der Waals surface area contributed by atoms with Crippen LogP contribution in [0.1, 0.15) is 33.3 Å². The molecule has 134 valence electrons. The fourth-order valence-electron chi connectivity index (χ4n) is 2.05. The number of esters is 1. The number of carbonyl (C=O) groups is 2. The van der Waals surface area contributed by atoms with Crippen molar-refractivity contribution < 1.29 is 22.7 Å². The van der Waals surface area contributed by atoms with Gasteiger partial charge in [0.2, 0.25) is 15.9 Å². The number of rotatable bonds is 6. The number of ether oxygens (including phenoxy) is 1. The van der Waals surface area contributed by atoms with Crippen LogP contribution >= 0.6 is 0 Å². The molecule has 7 nitrogen and oxygen atoms in total. The lowest BCUT2D eigenvalue weighted by molar-refractivity contribution is -0.150. The van der Waals surface area contributed by atoms with Crippen molar-refractivity contribution in [2.75, 3.05) is 6.61 Å². The molecule has 1 atom stereocenters. The summed E-state index contributed by atoms with van der Waals surface area (Å²) in [5, 5.41) is 7.70. The van der Waals surface area contributed by atoms with Gasteiger partial charge in [0.05, 0.1) is 17.9 Å². The number of hydrogen-bond acceptors (Lipinski definition) is 5. The monoisotopic (exact) mass is 356 g/mol. The molecule has 1 aromatic carbocycles. The standard InChI is InChI=1S/C16H24N2O5S/c1-5-23-15(20)14(16(2,3)4)18-13(19)10-11-6-8-12(9-7-11)24(17,21)22/h6-9,14H,5,10H2,1-4H3,(H,18,19)(H2,17,21,22)/t14-/m1/s1. The van der Waals surface area contributed by atoms with Gasteiger partial charge in [0.1, 0.15) is 6.04 Å². The minimum absolute atomic E-state index is 0.0108. The molecule has 0 heterocycles. The molecule has 0 fully saturated rings. The molecule has 0 aliphatic carbocycles. The van der Waals surface area contributed by atoms with Gasteiger partial charge in [-0.15, -0.1) is 0 Å². The van der Waals surface area contributed by atoms with E-state index in [0.29, 0.717) is 5.56 Å². The summed E-state index contributed by atoms with van der Waals surface area (Å²) in [6.45, 7) is 7.42. The maximum absolute atomic E-state index is 12.2. The lowest BCUT2D eigenvalue weighted by Gasteiger charge is -2.29. The quantitative estimate of drug-likeness (QED) is 0.737. The fourth-order valence-corrected chi connectivity index (χ4v) is 2.56. The molecule has 0 bridgehead atoms. The van der Waals surface area contributed by atoms with Gasteiger partial charge in [0, 0.05) is 0 Å². The van der Waals surface area contributed by atoms with E-state index in [1.807, 2.05) is 20.8 Å². The van der Waals surface area contributed by atoms with Crippen LogP contribution in [-0.2, 0) is 30.8 Å². The predicted octanol–water partition coefficient (Wildman–Crippen LogP) is 0.971. The first-order valence-corrected chi connectivity index (χ1v) is 9.07. The lowest BCUT2D eigenvalue weighted by atomic mass is 9.86. The first-order chi connectivity index (χ1) is 10.9. The molecule has 1 aromatic rings. The van der Waals surface area contributed by atoms with Crippen LogP contribution in [0.5, 0.6) is 0 Å². The van der Waals surface area contributed by atoms with Crippen LogP contribution in [-0.4, -0.2) is 32.9 Å². The van der Waals surface area contributed by atoms with E-state index in [1.54, 1.807) is 6.92 Å². The van der Waals surface area contributed by atoms with Gasteiger partial charge in [-0.2, -0.15) is 0 Å². The van der Waals surface area contributed by atoms with Crippen molar-refractivity contribution in [3.63, 3.8) is 0 Å². The molecule has 24 heavy (non-hydrogen) atoms. The number of primary sulfonamides is 1. The number of carbonyl (C=O) groups excluding carboxylic acids is 2. The van der Waals surface area contributed by atoms with Crippen molar-refractivity contribution in [1.82, 2.24) is 5.32 Å². The molecule has 0 unspecified atom stereocenters. The van der Waals surface area contributed by atoms with Gasteiger partial charge in [-0.3, -0.25) is 4.79 Å². The smallest absolute Gasteiger partial charge is 0.329 e. The third-order valence-electron chi connectivity index (χ3n) is 3.31. The number of nitrogens with one attached hydrogen (secondary N) is 1. The fraction of sp³-hybridized carbons (Fsp3) is 0.500. The molecule has 0 saturated carbocycles. The summed E-state index contributed by atoms with van der Waals surface area (Å²) in [5.41, 5.74) is 0.107. The van der Waals surface area contributed by atoms with Crippen LogP contribution in [0.2, 0.25) is 0 Å². The zero-order chi connectivity index (χ0) is 18.5. The Bertz CT molecular complexity index is 690. The third-order valence-corrected chi connectivity index (χ3v) is 4.24. The summed E-state index contributed by atoms with van der Waals surface area (Å²) in [5.74, 6) is -0.839. The normalized spacial score (nSPS) is 13.2. The zero-order valence-electron chi connectivity index (χ0n) is 14.3. The summed E-state index contributed by atoms with van der Waals surface area (Å²) in [4.78, 5) is 24.2. The largest absolute Gasteiger partial charge is 0.464 e. The van der Waals surface area contributed by atoms with Gasteiger partial charge in [0.25, 0.3) is 0 Å². The average molecular weight is 356 g/mol. The zero-order valence-corrected chi connectivity index (χ0v) is 15.1. The summed E-state index contributed by atoms with van der Waals surface area (Å²) in [6.07, 6.45) is 0.0108. The van der Waals surface area contributed by atoms with E-state index < -0.39 is 27.4 Å². The SMILES string of the molecule is CCOC(=O)[C@@H](NC(=O)Cc1ccc(S(N)(=O)=O)cc1)C(C)(C)C. The number of sulfonamides is 1. The Kier molecular flexibility index (Phi) is 6.50. The Hall–Kier alpha value is -1.93. The van der Waals surface area contributed by atoms with Crippen molar-refractivity contribution in [3.8, 4) is 0 Å². The van der Waals surface area contributed by atoms with Gasteiger partial charge < -0.3 is 10.1 Å². The maximum Gasteiger partial charge on any atom is 0.329 e. The van der Waals surface area contributed by atoms with Gasteiger partial charge in [0.15, 0.2) is 0 Å². The third kappa shape index (κ3) is 5.93. The van der Waals surface area contributed by atoms with Crippen LogP contribution in [0.15, 0.2) is 29.2 Å². The summed E-state index contributed by atoms with van der Waals surface area (Å²) >= 11 is 0. The summed E-state index contributed by atoms with van der Waals surface area (Å²) in [7, 11) is -3.77. The summed E-state index contributed by atoms with van der Waals surface area (Å²) < 4.78 is 27.4. The maximum atomic E-state index is 12.2. The van der Waals surface area contributed by atoms with Crippen molar-refractivity contribution in [3.05, 3.63) is 29.8 Å². The van der Waals surface area contributed by atoms with E-state index in [2.05, 4.69) is 5.32 Å². The van der Waals surface area contributed by atoms with E-state index in [-0.39, 0.29) is 23.8 Å². The Morgan fingerprint density at radius 2 is 1.75 bits per heavy atom. The second-order valence-electron chi connectivity index (χ2n) is 6.48. The highest BCUT2D eigenvalue weighted by atomic mass is 32.2. The van der Waals surface area contributed by atoms with Crippen molar-refractivity contribution in [2.24, 2.45) is 10.6 Å². The first kappa shape index (κ1) is 20.1. The molecule has 3 N–H and O–H groups in total. The molecule has 0 aromatic heterocycles. The topological polar surface area (TPSA) is 116 Å². The molecule has 0 radical (unpaired) electrons. The number of benzene rings is 1. The predicted molar refractivity (Wildman–Crippen MR) is 89.5 cm³/mol. The van der Waals surface area contributed by atoms with Crippen LogP contribution in [0.3, 0.4) is 0 Å². The van der Waals surface area contributed by atoms with Crippen LogP contribution in [0, 0.1) is 5.41 Å². The van der Waals surface area contributed by atoms with Crippen molar-refractivity contribution in [1.29, 1.82) is 0 Å². The Morgan fingerprint density at radius 3 is 2.17 bits per heavy atom. The van der Waals surface area contributed by atoms with Gasteiger partial charge in [-0.1, -0.05) is 32.9 Å². The average Bonchev–Trinajstić information content (AvgIpc) is 2.43. The van der Waals surface area contributed by atoms with Gasteiger partial charge in [-0.05, 0) is 30.0 Å². The van der Waals surface area contributed by atoms with Crippen LogP contribution in [0.25, 0.3) is 0 Å². The highest BCUT2D eigenvalue weighted by Crippen LogP contribution is 2.20. The van der Waals surface area contributed by atoms with Gasteiger partial charge >= 0.3 is 5.97 Å². The van der Waals surface area contributed by atoms with Crippen LogP contribution in [0.4, 0.5) is 0 Å². The minimum Gasteiger partial charge on any atom is -0.464 e. The minimum atomic E-state index is -3.77. The highest BCUT2D eigenvalue weighted by Gasteiger charge is 2.33. The highest BCUT2D eigenvalue weighted by molar-refractivity contribution is 7.89. The van der Waals surface area contributed by atoms with E-state index in [0.717, 1.165) is 0 Å². The summed E-state index contributed by atoms with van der Waals surface area (Å²) in [6, 6.07) is 4.93. The second kappa shape index (κ2) is 7.76. The first-order valence-electron chi connectivity index (χ1n) is 7.53. The molecule has 0 aliphatic rings. The van der Waals surface area contributed by atoms with Crippen molar-refractivity contribution in [2.45, 2.75) is 45.1 Å². The van der Waals surface area contributed by atoms with Crippen molar-refractivity contribution >= 4 is 21.9 Å².